The molecule has 0 unspecified atom stereocenters. The number of piperidine rings is 1. The number of ether oxygens (including phenoxy) is 1. The van der Waals surface area contributed by atoms with Crippen LogP contribution in [0.2, 0.25) is 0 Å². The Balaban J connectivity index is 1.83. The van der Waals surface area contributed by atoms with Crippen LogP contribution >= 0.6 is 0 Å². The predicted octanol–water partition coefficient (Wildman–Crippen LogP) is 2.47. The molecule has 0 aromatic heterocycles. The van der Waals surface area contributed by atoms with Gasteiger partial charge in [0.05, 0.1) is 6.61 Å². The summed E-state index contributed by atoms with van der Waals surface area (Å²) in [5.74, 6) is 0.963. The maximum atomic E-state index is 12.3. The first-order valence-electron chi connectivity index (χ1n) is 8.61. The zero-order valence-corrected chi connectivity index (χ0v) is 14.5. The molecule has 130 valence electrons. The van der Waals surface area contributed by atoms with E-state index < -0.39 is 0 Å². The molecule has 5 nitrogen and oxygen atoms in total. The third kappa shape index (κ3) is 5.11. The molecule has 1 saturated heterocycles. The van der Waals surface area contributed by atoms with Crippen molar-refractivity contribution >= 4 is 17.9 Å². The van der Waals surface area contributed by atoms with Gasteiger partial charge >= 0.3 is 0 Å². The van der Waals surface area contributed by atoms with Gasteiger partial charge in [0.15, 0.2) is 0 Å². The Morgan fingerprint density at radius 3 is 2.46 bits per heavy atom. The normalized spacial score (nSPS) is 15.5. The van der Waals surface area contributed by atoms with Crippen molar-refractivity contribution in [1.82, 2.24) is 10.2 Å². The summed E-state index contributed by atoms with van der Waals surface area (Å²) in [5, 5.41) is 2.85. The van der Waals surface area contributed by atoms with Crippen molar-refractivity contribution in [3.63, 3.8) is 0 Å². The molecule has 1 aromatic carbocycles. The molecule has 24 heavy (non-hydrogen) atoms. The minimum Gasteiger partial charge on any atom is -0.494 e. The van der Waals surface area contributed by atoms with E-state index in [2.05, 4.69) is 5.32 Å². The molecule has 0 spiro atoms. The smallest absolute Gasteiger partial charge is 0.246 e. The topological polar surface area (TPSA) is 58.6 Å². The molecule has 0 radical (unpaired) electrons. The number of benzene rings is 1. The number of nitrogens with one attached hydrogen (secondary N) is 1. The third-order valence-corrected chi connectivity index (χ3v) is 4.14. The van der Waals surface area contributed by atoms with Gasteiger partial charge < -0.3 is 15.0 Å². The summed E-state index contributed by atoms with van der Waals surface area (Å²) in [5.41, 5.74) is 0.962. The molecule has 1 heterocycles. The Bertz CT molecular complexity index is 573. The molecule has 1 aliphatic heterocycles. The van der Waals surface area contributed by atoms with E-state index in [-0.39, 0.29) is 17.7 Å². The summed E-state index contributed by atoms with van der Waals surface area (Å²) < 4.78 is 5.40. The monoisotopic (exact) mass is 330 g/mol. The van der Waals surface area contributed by atoms with Gasteiger partial charge in [-0.05, 0) is 50.5 Å². The van der Waals surface area contributed by atoms with Gasteiger partial charge in [0.1, 0.15) is 5.75 Å². The molecule has 1 fully saturated rings. The van der Waals surface area contributed by atoms with E-state index in [1.54, 1.807) is 11.0 Å². The highest BCUT2D eigenvalue weighted by Gasteiger charge is 2.25. The number of carbonyl (C=O) groups excluding carboxylic acids is 2. The van der Waals surface area contributed by atoms with Gasteiger partial charge in [-0.25, -0.2) is 0 Å². The number of hydrogen-bond donors (Lipinski definition) is 1. The number of rotatable bonds is 6. The molecule has 1 N–H and O–H groups in total. The van der Waals surface area contributed by atoms with Crippen molar-refractivity contribution in [2.75, 3.05) is 26.2 Å². The van der Waals surface area contributed by atoms with Crippen LogP contribution in [0.3, 0.4) is 0 Å². The van der Waals surface area contributed by atoms with Gasteiger partial charge in [0.25, 0.3) is 0 Å². The van der Waals surface area contributed by atoms with Crippen molar-refractivity contribution in [1.29, 1.82) is 0 Å². The van der Waals surface area contributed by atoms with E-state index in [0.717, 1.165) is 24.2 Å². The van der Waals surface area contributed by atoms with Crippen molar-refractivity contribution in [3.8, 4) is 5.75 Å². The van der Waals surface area contributed by atoms with E-state index in [0.29, 0.717) is 26.2 Å². The SMILES string of the molecule is CCNC(=O)C1CCN(C(=O)/C=C/c2ccc(OCC)cc2)CC1. The van der Waals surface area contributed by atoms with Gasteiger partial charge in [-0.3, -0.25) is 9.59 Å². The maximum Gasteiger partial charge on any atom is 0.246 e. The third-order valence-electron chi connectivity index (χ3n) is 4.14. The summed E-state index contributed by atoms with van der Waals surface area (Å²) in [4.78, 5) is 25.9. The van der Waals surface area contributed by atoms with Crippen molar-refractivity contribution in [2.24, 2.45) is 5.92 Å². The summed E-state index contributed by atoms with van der Waals surface area (Å²) in [6, 6.07) is 7.64. The quantitative estimate of drug-likeness (QED) is 0.815. The summed E-state index contributed by atoms with van der Waals surface area (Å²) in [7, 11) is 0. The Morgan fingerprint density at radius 1 is 1.21 bits per heavy atom. The molecule has 1 aromatic rings. The van der Waals surface area contributed by atoms with Crippen molar-refractivity contribution < 1.29 is 14.3 Å². The lowest BCUT2D eigenvalue weighted by Gasteiger charge is -2.30. The van der Waals surface area contributed by atoms with Gasteiger partial charge in [-0.1, -0.05) is 12.1 Å². The standard InChI is InChI=1S/C19H26N2O3/c1-3-20-19(23)16-11-13-21(14-12-16)18(22)10-7-15-5-8-17(9-6-15)24-4-2/h5-10,16H,3-4,11-14H2,1-2H3,(H,20,23)/b10-7+. The van der Waals surface area contributed by atoms with E-state index in [1.807, 2.05) is 44.2 Å². The second-order valence-corrected chi connectivity index (χ2v) is 5.83. The molecule has 2 rings (SSSR count). The molecular formula is C19H26N2O3. The number of hydrogen-bond acceptors (Lipinski definition) is 3. The maximum absolute atomic E-state index is 12.3. The Labute approximate surface area is 143 Å². The van der Waals surface area contributed by atoms with Gasteiger partial charge in [0.2, 0.25) is 11.8 Å². The zero-order valence-electron chi connectivity index (χ0n) is 14.5. The average Bonchev–Trinajstić information content (AvgIpc) is 2.61. The van der Waals surface area contributed by atoms with Crippen LogP contribution in [0.4, 0.5) is 0 Å². The molecule has 1 aliphatic rings. The first kappa shape index (κ1) is 18.0. The fraction of sp³-hybridized carbons (Fsp3) is 0.474. The van der Waals surface area contributed by atoms with Crippen molar-refractivity contribution in [3.05, 3.63) is 35.9 Å². The number of likely N-dealkylation sites (tertiary alicyclic amines) is 1. The molecule has 0 bridgehead atoms. The van der Waals surface area contributed by atoms with Crippen LogP contribution in [0.15, 0.2) is 30.3 Å². The van der Waals surface area contributed by atoms with Gasteiger partial charge in [-0.15, -0.1) is 0 Å². The largest absolute Gasteiger partial charge is 0.494 e. The number of carbonyl (C=O) groups is 2. The summed E-state index contributed by atoms with van der Waals surface area (Å²) in [6.07, 6.45) is 4.87. The minimum atomic E-state index is -0.00163. The van der Waals surface area contributed by atoms with E-state index >= 15 is 0 Å². The molecule has 2 amide bonds. The van der Waals surface area contributed by atoms with Crippen molar-refractivity contribution in [2.45, 2.75) is 26.7 Å². The Kier molecular flexibility index (Phi) is 6.85. The highest BCUT2D eigenvalue weighted by Crippen LogP contribution is 2.18. The minimum absolute atomic E-state index is 0.00163. The van der Waals surface area contributed by atoms with E-state index in [4.69, 9.17) is 4.74 Å². The van der Waals surface area contributed by atoms with Crippen LogP contribution in [-0.4, -0.2) is 43.0 Å². The number of amides is 2. The van der Waals surface area contributed by atoms with Crippen LogP contribution in [-0.2, 0) is 9.59 Å². The van der Waals surface area contributed by atoms with E-state index in [1.165, 1.54) is 0 Å². The van der Waals surface area contributed by atoms with Crippen LogP contribution in [0.1, 0.15) is 32.3 Å². The zero-order chi connectivity index (χ0) is 17.4. The second-order valence-electron chi connectivity index (χ2n) is 5.83. The highest BCUT2D eigenvalue weighted by molar-refractivity contribution is 5.92. The Morgan fingerprint density at radius 2 is 1.88 bits per heavy atom. The van der Waals surface area contributed by atoms with Gasteiger partial charge in [-0.2, -0.15) is 0 Å². The first-order chi connectivity index (χ1) is 11.6. The fourth-order valence-electron chi connectivity index (χ4n) is 2.80. The second kappa shape index (κ2) is 9.11. The molecule has 0 aliphatic carbocycles. The predicted molar refractivity (Wildman–Crippen MR) is 94.6 cm³/mol. The lowest BCUT2D eigenvalue weighted by molar-refractivity contribution is -0.132. The molecular weight excluding hydrogens is 304 g/mol. The molecule has 0 saturated carbocycles. The van der Waals surface area contributed by atoms with Crippen LogP contribution in [0, 0.1) is 5.92 Å². The lowest BCUT2D eigenvalue weighted by Crippen LogP contribution is -2.42. The Hall–Kier alpha value is -2.30. The van der Waals surface area contributed by atoms with Crippen LogP contribution in [0.25, 0.3) is 6.08 Å². The molecule has 5 heteroatoms. The summed E-state index contributed by atoms with van der Waals surface area (Å²) >= 11 is 0. The first-order valence-corrected chi connectivity index (χ1v) is 8.61. The number of nitrogens with zero attached hydrogens (tertiary/aromatic N) is 1. The van der Waals surface area contributed by atoms with E-state index in [9.17, 15) is 9.59 Å². The molecule has 0 atom stereocenters. The highest BCUT2D eigenvalue weighted by atomic mass is 16.5. The van der Waals surface area contributed by atoms with Crippen LogP contribution in [0.5, 0.6) is 5.75 Å². The lowest BCUT2D eigenvalue weighted by atomic mass is 9.96. The van der Waals surface area contributed by atoms with Crippen LogP contribution < -0.4 is 10.1 Å². The summed E-state index contributed by atoms with van der Waals surface area (Å²) in [6.45, 7) is 6.43. The fourth-order valence-corrected chi connectivity index (χ4v) is 2.80. The van der Waals surface area contributed by atoms with Gasteiger partial charge in [0, 0.05) is 31.6 Å². The average molecular weight is 330 g/mol.